The van der Waals surface area contributed by atoms with Gasteiger partial charge in [-0.25, -0.2) is 9.37 Å². The van der Waals surface area contributed by atoms with Crippen molar-refractivity contribution < 1.29 is 26.8 Å². The van der Waals surface area contributed by atoms with Crippen LogP contribution < -0.4 is 5.32 Å². The number of halogens is 4. The molecule has 0 aliphatic heterocycles. The molecule has 1 aromatic carbocycles. The first kappa shape index (κ1) is 19.2. The van der Waals surface area contributed by atoms with Gasteiger partial charge in [0, 0.05) is 29.3 Å². The summed E-state index contributed by atoms with van der Waals surface area (Å²) in [5.41, 5.74) is 0.676. The Hall–Kier alpha value is -3.16. The highest BCUT2D eigenvalue weighted by Gasteiger charge is 2.41. The molecule has 1 N–H and O–H groups in total. The van der Waals surface area contributed by atoms with Gasteiger partial charge in [-0.3, -0.25) is 4.79 Å². The Kier molecular flexibility index (Phi) is 4.86. The highest BCUT2D eigenvalue weighted by atomic mass is 19.4. The van der Waals surface area contributed by atoms with Crippen LogP contribution in [0.25, 0.3) is 11.1 Å². The number of pyridine rings is 1. The minimum atomic E-state index is -4.62. The van der Waals surface area contributed by atoms with Gasteiger partial charge in [0.15, 0.2) is 0 Å². The standard InChI is InChI=1S/C21H16F4N2O2/c22-15-7-3-1-5-13(15)20(28)27-17-10-9-12(11-26-17)18-14-6-2-4-8-16(14)29-19(18)21(23,24)25/h1,3,5,7,9-11H,2,4,6,8H2,(H,26,27,28). The minimum absolute atomic E-state index is 0.00619. The number of carbonyl (C=O) groups is 1. The van der Waals surface area contributed by atoms with Crippen molar-refractivity contribution in [1.29, 1.82) is 0 Å². The number of nitrogens with zero attached hydrogens (tertiary/aromatic N) is 1. The van der Waals surface area contributed by atoms with Crippen LogP contribution in [0.15, 0.2) is 47.0 Å². The van der Waals surface area contributed by atoms with E-state index in [9.17, 15) is 22.4 Å². The van der Waals surface area contributed by atoms with Crippen LogP contribution in [0, 0.1) is 5.82 Å². The number of carbonyl (C=O) groups excluding carboxylic acids is 1. The Balaban J connectivity index is 1.64. The van der Waals surface area contributed by atoms with Gasteiger partial charge >= 0.3 is 6.18 Å². The molecule has 1 aliphatic carbocycles. The van der Waals surface area contributed by atoms with Crippen LogP contribution >= 0.6 is 0 Å². The van der Waals surface area contributed by atoms with Gasteiger partial charge in [-0.15, -0.1) is 0 Å². The molecule has 150 valence electrons. The molecule has 0 saturated heterocycles. The lowest BCUT2D eigenvalue weighted by Crippen LogP contribution is -2.14. The predicted octanol–water partition coefficient (Wildman–Crippen LogP) is 5.63. The molecule has 0 saturated carbocycles. The van der Waals surface area contributed by atoms with Crippen LogP contribution in [0.2, 0.25) is 0 Å². The third-order valence-corrected chi connectivity index (χ3v) is 4.84. The number of aryl methyl sites for hydroxylation is 1. The second-order valence-corrected chi connectivity index (χ2v) is 6.78. The molecule has 1 amide bonds. The number of anilines is 1. The van der Waals surface area contributed by atoms with Crippen LogP contribution in [0.3, 0.4) is 0 Å². The lowest BCUT2D eigenvalue weighted by atomic mass is 9.92. The normalized spacial score (nSPS) is 13.8. The van der Waals surface area contributed by atoms with E-state index < -0.39 is 23.7 Å². The Bertz CT molecular complexity index is 1060. The number of hydrogen-bond acceptors (Lipinski definition) is 3. The van der Waals surface area contributed by atoms with Crippen molar-refractivity contribution in [2.75, 3.05) is 5.32 Å². The fourth-order valence-corrected chi connectivity index (χ4v) is 3.52. The third-order valence-electron chi connectivity index (χ3n) is 4.84. The summed E-state index contributed by atoms with van der Waals surface area (Å²) in [6.07, 6.45) is -0.799. The maximum Gasteiger partial charge on any atom is 0.450 e. The fourth-order valence-electron chi connectivity index (χ4n) is 3.52. The van der Waals surface area contributed by atoms with Gasteiger partial charge in [0.1, 0.15) is 17.4 Å². The number of rotatable bonds is 3. The molecule has 0 bridgehead atoms. The molecule has 2 aromatic heterocycles. The lowest BCUT2D eigenvalue weighted by Gasteiger charge is -2.12. The van der Waals surface area contributed by atoms with Crippen LogP contribution in [0.1, 0.15) is 40.3 Å². The van der Waals surface area contributed by atoms with Crippen molar-refractivity contribution in [2.24, 2.45) is 0 Å². The average molecular weight is 404 g/mol. The summed E-state index contributed by atoms with van der Waals surface area (Å²) in [6.45, 7) is 0. The molecule has 8 heteroatoms. The molecule has 0 atom stereocenters. The van der Waals surface area contributed by atoms with Crippen molar-refractivity contribution in [3.8, 4) is 11.1 Å². The molecule has 29 heavy (non-hydrogen) atoms. The quantitative estimate of drug-likeness (QED) is 0.576. The number of aromatic nitrogens is 1. The Morgan fingerprint density at radius 3 is 2.52 bits per heavy atom. The van der Waals surface area contributed by atoms with E-state index in [0.717, 1.165) is 18.9 Å². The van der Waals surface area contributed by atoms with Crippen molar-refractivity contribution in [2.45, 2.75) is 31.9 Å². The zero-order valence-electron chi connectivity index (χ0n) is 15.1. The fraction of sp³-hybridized carbons (Fsp3) is 0.238. The van der Waals surface area contributed by atoms with E-state index in [1.165, 1.54) is 36.5 Å². The SMILES string of the molecule is O=C(Nc1ccc(-c2c(C(F)(F)F)oc3c2CCCC3)cn1)c1ccccc1F. The smallest absolute Gasteiger partial charge is 0.450 e. The minimum Gasteiger partial charge on any atom is -0.456 e. The highest BCUT2D eigenvalue weighted by Crippen LogP contribution is 2.44. The maximum atomic E-state index is 13.7. The van der Waals surface area contributed by atoms with Crippen LogP contribution in [-0.4, -0.2) is 10.9 Å². The van der Waals surface area contributed by atoms with E-state index >= 15 is 0 Å². The first-order valence-electron chi connectivity index (χ1n) is 9.08. The summed E-state index contributed by atoms with van der Waals surface area (Å²) in [7, 11) is 0. The molecule has 0 spiro atoms. The van der Waals surface area contributed by atoms with Gasteiger partial charge in [0.05, 0.1) is 5.56 Å². The summed E-state index contributed by atoms with van der Waals surface area (Å²) in [6, 6.07) is 8.30. The van der Waals surface area contributed by atoms with E-state index in [1.807, 2.05) is 0 Å². The molecule has 2 heterocycles. The van der Waals surface area contributed by atoms with Crippen molar-refractivity contribution in [1.82, 2.24) is 4.98 Å². The predicted molar refractivity (Wildman–Crippen MR) is 97.9 cm³/mol. The Morgan fingerprint density at radius 1 is 1.07 bits per heavy atom. The molecule has 4 rings (SSSR count). The third kappa shape index (κ3) is 3.74. The number of nitrogens with one attached hydrogen (secondary N) is 1. The van der Waals surface area contributed by atoms with E-state index in [2.05, 4.69) is 10.3 Å². The molecule has 1 aliphatic rings. The van der Waals surface area contributed by atoms with E-state index in [-0.39, 0.29) is 22.5 Å². The van der Waals surface area contributed by atoms with Gasteiger partial charge in [-0.05, 0) is 43.5 Å². The van der Waals surface area contributed by atoms with Crippen LogP contribution in [0.5, 0.6) is 0 Å². The average Bonchev–Trinajstić information content (AvgIpc) is 3.09. The molecule has 0 radical (unpaired) electrons. The van der Waals surface area contributed by atoms with Gasteiger partial charge in [-0.2, -0.15) is 13.2 Å². The summed E-state index contributed by atoms with van der Waals surface area (Å²) in [5, 5.41) is 2.44. The molecule has 0 fully saturated rings. The molecule has 4 nitrogen and oxygen atoms in total. The highest BCUT2D eigenvalue weighted by molar-refractivity contribution is 6.04. The monoisotopic (exact) mass is 404 g/mol. The Labute approximate surface area is 163 Å². The molecule has 3 aromatic rings. The van der Waals surface area contributed by atoms with Gasteiger partial charge in [0.2, 0.25) is 5.76 Å². The number of furan rings is 1. The van der Waals surface area contributed by atoms with Crippen LogP contribution in [-0.2, 0) is 19.0 Å². The number of benzene rings is 1. The summed E-state index contributed by atoms with van der Waals surface area (Å²) in [4.78, 5) is 16.2. The molecular weight excluding hydrogens is 388 g/mol. The largest absolute Gasteiger partial charge is 0.456 e. The van der Waals surface area contributed by atoms with Crippen molar-refractivity contribution >= 4 is 11.7 Å². The molecular formula is C21H16F4N2O2. The first-order chi connectivity index (χ1) is 13.8. The maximum absolute atomic E-state index is 13.7. The summed E-state index contributed by atoms with van der Waals surface area (Å²) < 4.78 is 59.3. The van der Waals surface area contributed by atoms with Crippen molar-refractivity contribution in [3.05, 3.63) is 71.1 Å². The first-order valence-corrected chi connectivity index (χ1v) is 9.08. The number of amides is 1. The zero-order valence-corrected chi connectivity index (χ0v) is 15.1. The topological polar surface area (TPSA) is 55.1 Å². The second-order valence-electron chi connectivity index (χ2n) is 6.78. The van der Waals surface area contributed by atoms with Crippen LogP contribution in [0.4, 0.5) is 23.4 Å². The number of alkyl halides is 3. The van der Waals surface area contributed by atoms with E-state index in [1.54, 1.807) is 0 Å². The van der Waals surface area contributed by atoms with Crippen molar-refractivity contribution in [3.63, 3.8) is 0 Å². The van der Waals surface area contributed by atoms with E-state index in [0.29, 0.717) is 24.2 Å². The lowest BCUT2D eigenvalue weighted by molar-refractivity contribution is -0.152. The Morgan fingerprint density at radius 2 is 1.83 bits per heavy atom. The number of fused-ring (bicyclic) bond motifs is 1. The van der Waals surface area contributed by atoms with Gasteiger partial charge in [0.25, 0.3) is 5.91 Å². The second kappa shape index (κ2) is 7.35. The summed E-state index contributed by atoms with van der Waals surface area (Å²) >= 11 is 0. The molecule has 0 unspecified atom stereocenters. The summed E-state index contributed by atoms with van der Waals surface area (Å²) in [5.74, 6) is -1.92. The van der Waals surface area contributed by atoms with Gasteiger partial charge in [-0.1, -0.05) is 12.1 Å². The number of hydrogen-bond donors (Lipinski definition) is 1. The zero-order chi connectivity index (χ0) is 20.6. The van der Waals surface area contributed by atoms with Gasteiger partial charge < -0.3 is 9.73 Å². The van der Waals surface area contributed by atoms with E-state index in [4.69, 9.17) is 4.42 Å².